The van der Waals surface area contributed by atoms with Crippen molar-refractivity contribution in [3.05, 3.63) is 75.6 Å². The number of nitrogens with one attached hydrogen (secondary N) is 1. The van der Waals surface area contributed by atoms with E-state index < -0.39 is 5.91 Å². The summed E-state index contributed by atoms with van der Waals surface area (Å²) >= 11 is 1.83. The van der Waals surface area contributed by atoms with Gasteiger partial charge in [-0.1, -0.05) is 12.1 Å². The summed E-state index contributed by atoms with van der Waals surface area (Å²) in [4.78, 5) is 17.8. The third-order valence-corrected chi connectivity index (χ3v) is 4.85. The molecule has 5 nitrogen and oxygen atoms in total. The van der Waals surface area contributed by atoms with Crippen molar-refractivity contribution >= 4 is 17.2 Å². The Bertz CT molecular complexity index is 858. The zero-order valence-corrected chi connectivity index (χ0v) is 15.4. The van der Waals surface area contributed by atoms with Gasteiger partial charge in [-0.05, 0) is 55.8 Å². The van der Waals surface area contributed by atoms with Crippen molar-refractivity contribution in [1.29, 1.82) is 0 Å². The standard InChI is InChI=1S/C20H21N3O2S/c1-14-2-8-18(26-14)13-22-11-10-15-3-6-17(7-4-15)25-19-9-5-16(12-23-19)20(21)24/h2-9,12,22H,10-11,13H2,1H3,(H2,21,24). The number of rotatable bonds is 8. The van der Waals surface area contributed by atoms with Crippen molar-refractivity contribution in [2.75, 3.05) is 6.54 Å². The first-order valence-electron chi connectivity index (χ1n) is 8.39. The van der Waals surface area contributed by atoms with Crippen molar-refractivity contribution in [1.82, 2.24) is 10.3 Å². The van der Waals surface area contributed by atoms with E-state index >= 15 is 0 Å². The van der Waals surface area contributed by atoms with E-state index in [2.05, 4.69) is 29.4 Å². The van der Waals surface area contributed by atoms with Gasteiger partial charge in [0.25, 0.3) is 0 Å². The SMILES string of the molecule is Cc1ccc(CNCCc2ccc(Oc3ccc(C(N)=O)cn3)cc2)s1. The summed E-state index contributed by atoms with van der Waals surface area (Å²) in [6, 6.07) is 15.5. The molecule has 0 aliphatic heterocycles. The van der Waals surface area contributed by atoms with E-state index in [0.717, 1.165) is 19.5 Å². The molecule has 0 radical (unpaired) electrons. The van der Waals surface area contributed by atoms with E-state index in [9.17, 15) is 4.79 Å². The third kappa shape index (κ3) is 5.15. The topological polar surface area (TPSA) is 77.2 Å². The number of carbonyl (C=O) groups is 1. The maximum atomic E-state index is 11.0. The van der Waals surface area contributed by atoms with Gasteiger partial charge in [-0.2, -0.15) is 0 Å². The number of aromatic nitrogens is 1. The highest BCUT2D eigenvalue weighted by molar-refractivity contribution is 7.11. The Morgan fingerprint density at radius 1 is 1.15 bits per heavy atom. The molecule has 0 aliphatic carbocycles. The Labute approximate surface area is 156 Å². The molecule has 2 aromatic heterocycles. The summed E-state index contributed by atoms with van der Waals surface area (Å²) in [5, 5.41) is 3.46. The first kappa shape index (κ1) is 18.1. The number of hydrogen-bond donors (Lipinski definition) is 2. The van der Waals surface area contributed by atoms with Crippen LogP contribution in [-0.2, 0) is 13.0 Å². The number of nitrogens with zero attached hydrogens (tertiary/aromatic N) is 1. The highest BCUT2D eigenvalue weighted by atomic mass is 32.1. The van der Waals surface area contributed by atoms with Gasteiger partial charge in [-0.25, -0.2) is 4.98 Å². The van der Waals surface area contributed by atoms with Gasteiger partial charge in [0.15, 0.2) is 0 Å². The number of thiophene rings is 1. The molecule has 0 saturated carbocycles. The van der Waals surface area contributed by atoms with Crippen LogP contribution in [0.5, 0.6) is 11.6 Å². The highest BCUT2D eigenvalue weighted by Gasteiger charge is 2.03. The molecule has 0 fully saturated rings. The fourth-order valence-corrected chi connectivity index (χ4v) is 3.32. The molecule has 0 spiro atoms. The predicted octanol–water partition coefficient (Wildman–Crippen LogP) is 3.68. The number of hydrogen-bond acceptors (Lipinski definition) is 5. The lowest BCUT2D eigenvalue weighted by Crippen LogP contribution is -2.15. The Hall–Kier alpha value is -2.70. The molecular weight excluding hydrogens is 346 g/mol. The minimum absolute atomic E-state index is 0.359. The Kier molecular flexibility index (Phi) is 5.99. The van der Waals surface area contributed by atoms with Crippen LogP contribution in [0.15, 0.2) is 54.7 Å². The highest BCUT2D eigenvalue weighted by Crippen LogP contribution is 2.20. The van der Waals surface area contributed by atoms with Crippen LogP contribution < -0.4 is 15.8 Å². The quantitative estimate of drug-likeness (QED) is 0.596. The summed E-state index contributed by atoms with van der Waals surface area (Å²) in [5.74, 6) is 0.627. The van der Waals surface area contributed by atoms with Crippen LogP contribution in [0.2, 0.25) is 0 Å². The van der Waals surface area contributed by atoms with Crippen LogP contribution in [0.3, 0.4) is 0 Å². The number of nitrogens with two attached hydrogens (primary N) is 1. The molecule has 6 heteroatoms. The molecule has 3 N–H and O–H groups in total. The molecule has 134 valence electrons. The second-order valence-electron chi connectivity index (χ2n) is 5.93. The average molecular weight is 367 g/mol. The van der Waals surface area contributed by atoms with E-state index in [1.165, 1.54) is 21.5 Å². The van der Waals surface area contributed by atoms with Crippen LogP contribution in [0.4, 0.5) is 0 Å². The first-order valence-corrected chi connectivity index (χ1v) is 9.20. The lowest BCUT2D eigenvalue weighted by molar-refractivity contribution is 0.1000. The molecule has 2 heterocycles. The van der Waals surface area contributed by atoms with Crippen LogP contribution in [-0.4, -0.2) is 17.4 Å². The van der Waals surface area contributed by atoms with Crippen molar-refractivity contribution in [3.63, 3.8) is 0 Å². The predicted molar refractivity (Wildman–Crippen MR) is 104 cm³/mol. The molecule has 0 atom stereocenters. The van der Waals surface area contributed by atoms with E-state index in [-0.39, 0.29) is 0 Å². The van der Waals surface area contributed by atoms with Crippen LogP contribution >= 0.6 is 11.3 Å². The Balaban J connectivity index is 1.46. The van der Waals surface area contributed by atoms with Gasteiger partial charge >= 0.3 is 0 Å². The fourth-order valence-electron chi connectivity index (χ4n) is 2.46. The van der Waals surface area contributed by atoms with Crippen LogP contribution in [0.1, 0.15) is 25.7 Å². The summed E-state index contributed by atoms with van der Waals surface area (Å²) in [7, 11) is 0. The summed E-state index contributed by atoms with van der Waals surface area (Å²) in [6.45, 7) is 3.96. The molecule has 1 aromatic carbocycles. The molecule has 0 aliphatic rings. The molecule has 0 saturated heterocycles. The van der Waals surface area contributed by atoms with Crippen LogP contribution in [0.25, 0.3) is 0 Å². The zero-order chi connectivity index (χ0) is 18.4. The minimum Gasteiger partial charge on any atom is -0.439 e. The first-order chi connectivity index (χ1) is 12.6. The molecule has 1 amide bonds. The Morgan fingerprint density at radius 2 is 1.96 bits per heavy atom. The number of ether oxygens (including phenoxy) is 1. The number of amides is 1. The number of carbonyl (C=O) groups excluding carboxylic acids is 1. The number of aryl methyl sites for hydroxylation is 1. The molecule has 26 heavy (non-hydrogen) atoms. The van der Waals surface area contributed by atoms with E-state index in [1.807, 2.05) is 35.6 Å². The molecule has 3 aromatic rings. The van der Waals surface area contributed by atoms with Gasteiger partial charge in [0, 0.05) is 28.6 Å². The van der Waals surface area contributed by atoms with Gasteiger partial charge in [-0.3, -0.25) is 4.79 Å². The smallest absolute Gasteiger partial charge is 0.250 e. The van der Waals surface area contributed by atoms with Gasteiger partial charge in [0.05, 0.1) is 5.56 Å². The normalized spacial score (nSPS) is 10.7. The third-order valence-electron chi connectivity index (χ3n) is 3.85. The Morgan fingerprint density at radius 3 is 2.58 bits per heavy atom. The largest absolute Gasteiger partial charge is 0.439 e. The molecule has 0 bridgehead atoms. The maximum absolute atomic E-state index is 11.0. The fraction of sp³-hybridized carbons (Fsp3) is 0.200. The second kappa shape index (κ2) is 8.60. The van der Waals surface area contributed by atoms with E-state index in [1.54, 1.807) is 12.1 Å². The van der Waals surface area contributed by atoms with Crippen molar-refractivity contribution < 1.29 is 9.53 Å². The molecule has 3 rings (SSSR count). The van der Waals surface area contributed by atoms with Crippen molar-refractivity contribution in [2.24, 2.45) is 5.73 Å². The van der Waals surface area contributed by atoms with Crippen molar-refractivity contribution in [2.45, 2.75) is 19.9 Å². The van der Waals surface area contributed by atoms with Gasteiger partial charge in [0.2, 0.25) is 11.8 Å². The average Bonchev–Trinajstić information content (AvgIpc) is 3.06. The maximum Gasteiger partial charge on any atom is 0.250 e. The van der Waals surface area contributed by atoms with Crippen LogP contribution in [0, 0.1) is 6.92 Å². The lowest BCUT2D eigenvalue weighted by atomic mass is 10.1. The number of benzene rings is 1. The second-order valence-corrected chi connectivity index (χ2v) is 7.31. The van der Waals surface area contributed by atoms with E-state index in [4.69, 9.17) is 10.5 Å². The molecular formula is C20H21N3O2S. The van der Waals surface area contributed by atoms with E-state index in [0.29, 0.717) is 17.2 Å². The van der Waals surface area contributed by atoms with Gasteiger partial charge < -0.3 is 15.8 Å². The summed E-state index contributed by atoms with van der Waals surface area (Å²) < 4.78 is 5.68. The van der Waals surface area contributed by atoms with Gasteiger partial charge in [-0.15, -0.1) is 11.3 Å². The monoisotopic (exact) mass is 367 g/mol. The van der Waals surface area contributed by atoms with Gasteiger partial charge in [0.1, 0.15) is 5.75 Å². The lowest BCUT2D eigenvalue weighted by Gasteiger charge is -2.07. The van der Waals surface area contributed by atoms with Crippen molar-refractivity contribution in [3.8, 4) is 11.6 Å². The minimum atomic E-state index is -0.503. The molecule has 0 unspecified atom stereocenters. The number of pyridine rings is 1. The zero-order valence-electron chi connectivity index (χ0n) is 14.6. The summed E-state index contributed by atoms with van der Waals surface area (Å²) in [6.07, 6.45) is 2.36. The summed E-state index contributed by atoms with van der Waals surface area (Å²) in [5.41, 5.74) is 6.79. The number of primary amides is 1.